The molecule has 3 aromatic rings. The van der Waals surface area contributed by atoms with E-state index in [1.807, 2.05) is 49.7 Å². The maximum absolute atomic E-state index is 12.9. The molecule has 0 aliphatic carbocycles. The zero-order valence-electron chi connectivity index (χ0n) is 17.6. The van der Waals surface area contributed by atoms with Crippen LogP contribution in [0.4, 0.5) is 0 Å². The Balaban J connectivity index is 1.87. The number of carbonyl (C=O) groups is 2. The first-order valence-electron chi connectivity index (χ1n) is 9.44. The lowest BCUT2D eigenvalue weighted by Crippen LogP contribution is -2.38. The highest BCUT2D eigenvalue weighted by atomic mass is 32.2. The number of ether oxygens (including phenoxy) is 1. The minimum Gasteiger partial charge on any atom is -0.478 e. The van der Waals surface area contributed by atoms with Gasteiger partial charge in [0.05, 0.1) is 0 Å². The van der Waals surface area contributed by atoms with Crippen LogP contribution >= 0.6 is 23.1 Å². The Bertz CT molecular complexity index is 1130. The van der Waals surface area contributed by atoms with E-state index in [-0.39, 0.29) is 5.78 Å². The number of hydrogen-bond acceptors (Lipinski definition) is 5. The first-order chi connectivity index (χ1) is 14.1. The third-order valence-corrected chi connectivity index (χ3v) is 6.59. The van der Waals surface area contributed by atoms with Crippen molar-refractivity contribution in [1.29, 1.82) is 0 Å². The van der Waals surface area contributed by atoms with Crippen molar-refractivity contribution in [3.05, 3.63) is 64.0 Å². The van der Waals surface area contributed by atoms with Crippen LogP contribution < -0.4 is 4.74 Å². The molecular formula is C24H24O4S2. The predicted molar refractivity (Wildman–Crippen MR) is 125 cm³/mol. The number of benzene rings is 2. The van der Waals surface area contributed by atoms with Crippen LogP contribution in [0.3, 0.4) is 0 Å². The van der Waals surface area contributed by atoms with Crippen molar-refractivity contribution in [2.45, 2.75) is 38.2 Å². The predicted octanol–water partition coefficient (Wildman–Crippen LogP) is 6.38. The molecule has 0 saturated heterocycles. The first kappa shape index (κ1) is 22.1. The summed E-state index contributed by atoms with van der Waals surface area (Å²) in [5.41, 5.74) is 1.88. The van der Waals surface area contributed by atoms with E-state index < -0.39 is 11.6 Å². The Morgan fingerprint density at radius 2 is 1.80 bits per heavy atom. The molecule has 0 atom stereocenters. The molecule has 0 amide bonds. The number of carboxylic acid groups (broad SMARTS) is 1. The highest BCUT2D eigenvalue weighted by molar-refractivity contribution is 7.98. The van der Waals surface area contributed by atoms with E-state index in [9.17, 15) is 14.7 Å². The minimum atomic E-state index is -1.32. The second-order valence-corrected chi connectivity index (χ2v) is 9.34. The van der Waals surface area contributed by atoms with Crippen LogP contribution in [0.5, 0.6) is 5.75 Å². The molecule has 0 spiro atoms. The molecule has 1 N–H and O–H groups in total. The van der Waals surface area contributed by atoms with E-state index in [1.54, 1.807) is 35.3 Å². The zero-order chi connectivity index (χ0) is 22.1. The summed E-state index contributed by atoms with van der Waals surface area (Å²) in [4.78, 5) is 25.4. The summed E-state index contributed by atoms with van der Waals surface area (Å²) in [6, 6.07) is 9.71. The number of hydrogen-bond donors (Lipinski definition) is 1. The molecule has 6 heteroatoms. The highest BCUT2D eigenvalue weighted by Crippen LogP contribution is 2.33. The maximum Gasteiger partial charge on any atom is 0.347 e. The van der Waals surface area contributed by atoms with Crippen LogP contribution in [0.1, 0.15) is 40.9 Å². The number of carboxylic acids is 1. The fourth-order valence-corrected chi connectivity index (χ4v) is 4.81. The summed E-state index contributed by atoms with van der Waals surface area (Å²) in [5.74, 6) is -0.514. The van der Waals surface area contributed by atoms with Gasteiger partial charge in [-0.1, -0.05) is 6.08 Å². The van der Waals surface area contributed by atoms with Gasteiger partial charge in [0, 0.05) is 20.5 Å². The molecule has 0 unspecified atom stereocenters. The Hall–Kier alpha value is -2.57. The number of thioether (sulfide) groups is 1. The Morgan fingerprint density at radius 3 is 2.40 bits per heavy atom. The molecule has 1 aromatic heterocycles. The summed E-state index contributed by atoms with van der Waals surface area (Å²) in [6.07, 6.45) is 5.41. The van der Waals surface area contributed by atoms with Gasteiger partial charge in [0.15, 0.2) is 11.4 Å². The van der Waals surface area contributed by atoms with E-state index in [0.717, 1.165) is 31.7 Å². The zero-order valence-corrected chi connectivity index (χ0v) is 19.2. The molecule has 1 heterocycles. The molecule has 0 aliphatic heterocycles. The molecule has 0 aliphatic rings. The molecular weight excluding hydrogens is 416 g/mol. The number of aryl methyl sites for hydroxylation is 2. The molecule has 0 fully saturated rings. The van der Waals surface area contributed by atoms with E-state index in [2.05, 4.69) is 6.07 Å². The lowest BCUT2D eigenvalue weighted by molar-refractivity contribution is -0.152. The summed E-state index contributed by atoms with van der Waals surface area (Å²) >= 11 is 3.25. The van der Waals surface area contributed by atoms with Gasteiger partial charge in [-0.05, 0) is 92.4 Å². The average Bonchev–Trinajstić information content (AvgIpc) is 3.18. The van der Waals surface area contributed by atoms with Crippen LogP contribution in [0.25, 0.3) is 16.2 Å². The maximum atomic E-state index is 12.9. The quantitative estimate of drug-likeness (QED) is 0.262. The Kier molecular flexibility index (Phi) is 6.38. The van der Waals surface area contributed by atoms with Crippen LogP contribution in [0, 0.1) is 13.8 Å². The Labute approximate surface area is 184 Å². The van der Waals surface area contributed by atoms with E-state index in [4.69, 9.17) is 4.74 Å². The second kappa shape index (κ2) is 8.66. The monoisotopic (exact) mass is 440 g/mol. The van der Waals surface area contributed by atoms with Crippen molar-refractivity contribution in [2.24, 2.45) is 0 Å². The van der Waals surface area contributed by atoms with Crippen molar-refractivity contribution < 1.29 is 19.4 Å². The molecule has 0 bridgehead atoms. The number of thiophene rings is 1. The SMILES string of the molecule is CSc1ccc(C(=O)/C=C/c2cc(C)c(OC(C)(C)C(=O)O)c(C)c2)c2sccc12. The summed E-state index contributed by atoms with van der Waals surface area (Å²) in [6.45, 7) is 6.79. The van der Waals surface area contributed by atoms with Crippen molar-refractivity contribution >= 4 is 51.0 Å². The van der Waals surface area contributed by atoms with Crippen LogP contribution in [0.2, 0.25) is 0 Å². The van der Waals surface area contributed by atoms with Crippen LogP contribution in [-0.2, 0) is 4.79 Å². The van der Waals surface area contributed by atoms with Gasteiger partial charge in [-0.3, -0.25) is 4.79 Å². The van der Waals surface area contributed by atoms with Crippen LogP contribution in [-0.4, -0.2) is 28.7 Å². The van der Waals surface area contributed by atoms with Gasteiger partial charge in [-0.15, -0.1) is 23.1 Å². The molecule has 4 nitrogen and oxygen atoms in total. The topological polar surface area (TPSA) is 63.6 Å². The minimum absolute atomic E-state index is 0.0438. The normalized spacial score (nSPS) is 11.9. The summed E-state index contributed by atoms with van der Waals surface area (Å²) in [5, 5.41) is 12.4. The fraction of sp³-hybridized carbons (Fsp3) is 0.250. The number of carbonyl (C=O) groups excluding carboxylic acids is 1. The summed E-state index contributed by atoms with van der Waals surface area (Å²) in [7, 11) is 0. The summed E-state index contributed by atoms with van der Waals surface area (Å²) < 4.78 is 6.75. The van der Waals surface area contributed by atoms with Gasteiger partial charge in [-0.2, -0.15) is 0 Å². The molecule has 2 aromatic carbocycles. The van der Waals surface area contributed by atoms with Gasteiger partial charge in [0.25, 0.3) is 0 Å². The number of rotatable bonds is 7. The first-order valence-corrected chi connectivity index (χ1v) is 11.5. The van der Waals surface area contributed by atoms with Gasteiger partial charge >= 0.3 is 5.97 Å². The van der Waals surface area contributed by atoms with E-state index >= 15 is 0 Å². The van der Waals surface area contributed by atoms with Crippen molar-refractivity contribution in [3.63, 3.8) is 0 Å². The number of aliphatic carboxylic acids is 1. The Morgan fingerprint density at radius 1 is 1.13 bits per heavy atom. The largest absolute Gasteiger partial charge is 0.478 e. The van der Waals surface area contributed by atoms with Gasteiger partial charge in [0.2, 0.25) is 0 Å². The molecule has 156 valence electrons. The number of fused-ring (bicyclic) bond motifs is 1. The van der Waals surface area contributed by atoms with Crippen molar-refractivity contribution in [1.82, 2.24) is 0 Å². The van der Waals surface area contributed by atoms with E-state index in [0.29, 0.717) is 11.3 Å². The van der Waals surface area contributed by atoms with Gasteiger partial charge in [-0.25, -0.2) is 4.79 Å². The van der Waals surface area contributed by atoms with E-state index in [1.165, 1.54) is 13.8 Å². The molecule has 30 heavy (non-hydrogen) atoms. The van der Waals surface area contributed by atoms with Crippen LogP contribution in [0.15, 0.2) is 46.7 Å². The standard InChI is InChI=1S/C24H24O4S2/c1-14-12-16(13-15(2)21(14)28-24(3,4)23(26)27)6-8-19(25)17-7-9-20(29-5)18-10-11-30-22(17)18/h6-13H,1-5H3,(H,26,27)/b8-6+. The third kappa shape index (κ3) is 4.45. The lowest BCUT2D eigenvalue weighted by atomic mass is 10.0. The van der Waals surface area contributed by atoms with Gasteiger partial charge < -0.3 is 9.84 Å². The highest BCUT2D eigenvalue weighted by Gasteiger charge is 2.30. The molecule has 0 saturated carbocycles. The van der Waals surface area contributed by atoms with Crippen molar-refractivity contribution in [2.75, 3.05) is 6.26 Å². The molecule has 3 rings (SSSR count). The van der Waals surface area contributed by atoms with Crippen molar-refractivity contribution in [3.8, 4) is 5.75 Å². The lowest BCUT2D eigenvalue weighted by Gasteiger charge is -2.24. The number of allylic oxidation sites excluding steroid dienone is 1. The molecule has 0 radical (unpaired) electrons. The third-order valence-electron chi connectivity index (χ3n) is 4.84. The van der Waals surface area contributed by atoms with Gasteiger partial charge in [0.1, 0.15) is 5.75 Å². The second-order valence-electron chi connectivity index (χ2n) is 7.58. The average molecular weight is 441 g/mol. The fourth-order valence-electron chi connectivity index (χ4n) is 3.21. The number of ketones is 1. The smallest absolute Gasteiger partial charge is 0.347 e.